The lowest BCUT2D eigenvalue weighted by Crippen LogP contribution is -2.27. The molecule has 286 valence electrons. The summed E-state index contributed by atoms with van der Waals surface area (Å²) in [7, 11) is -3.07. The van der Waals surface area contributed by atoms with Gasteiger partial charge in [-0.15, -0.1) is 0 Å². The molecule has 0 aromatic carbocycles. The van der Waals surface area contributed by atoms with Crippen molar-refractivity contribution < 1.29 is 27.9 Å². The molecule has 0 aromatic rings. The molecule has 1 aliphatic heterocycles. The van der Waals surface area contributed by atoms with Gasteiger partial charge in [0.1, 0.15) is 6.61 Å². The lowest BCUT2D eigenvalue weighted by molar-refractivity contribution is -0.153. The number of unbranched alkanes of at least 4 members (excludes halogenated alkanes) is 22. The van der Waals surface area contributed by atoms with E-state index in [2.05, 4.69) is 38.2 Å². The normalized spacial score (nSPS) is 17.2. The van der Waals surface area contributed by atoms with Crippen molar-refractivity contribution >= 4 is 13.6 Å². The quantitative estimate of drug-likeness (QED) is 0.0212. The van der Waals surface area contributed by atoms with Crippen LogP contribution in [-0.4, -0.2) is 38.1 Å². The first-order valence-corrected chi connectivity index (χ1v) is 22.5. The summed E-state index contributed by atoms with van der Waals surface area (Å²) in [4.78, 5) is 12.6. The van der Waals surface area contributed by atoms with E-state index in [0.717, 1.165) is 44.9 Å². The van der Waals surface area contributed by atoms with E-state index in [9.17, 15) is 9.36 Å². The van der Waals surface area contributed by atoms with Crippen LogP contribution in [0.2, 0.25) is 0 Å². The zero-order chi connectivity index (χ0) is 35.4. The first-order chi connectivity index (χ1) is 24.1. The van der Waals surface area contributed by atoms with Gasteiger partial charge in [0, 0.05) is 6.42 Å². The fraction of sp³-hybridized carbons (Fsp3) is 0.833. The van der Waals surface area contributed by atoms with Crippen LogP contribution in [-0.2, 0) is 27.9 Å². The predicted octanol–water partition coefficient (Wildman–Crippen LogP) is 13.7. The van der Waals surface area contributed by atoms with Gasteiger partial charge in [-0.2, -0.15) is 0 Å². The van der Waals surface area contributed by atoms with Crippen molar-refractivity contribution in [2.75, 3.05) is 26.0 Å². The molecular weight excluding hydrogens is 631 g/mol. The van der Waals surface area contributed by atoms with Gasteiger partial charge in [-0.25, -0.2) is 0 Å². The Kier molecular flexibility index (Phi) is 32.7. The second kappa shape index (κ2) is 35.1. The molecule has 0 radical (unpaired) electrons. The Morgan fingerprint density at radius 1 is 0.612 bits per heavy atom. The second-order valence-electron chi connectivity index (χ2n) is 14.0. The standard InChI is InChI=1S/C42H77O6P/c1-3-5-7-9-11-13-15-17-19-21-23-25-27-29-31-33-36-45-39-41(40-47-49(44)38-34-37-46-49)48-42(43)35-32-30-28-26-24-22-20-18-16-14-12-10-8-6-4-2/h17-20,33,36,41H,3-16,21-32,34-35,37-40H2,1-2H3/b19-17-,20-18-,36-33-. The average molecular weight is 709 g/mol. The molecule has 1 rings (SSSR count). The summed E-state index contributed by atoms with van der Waals surface area (Å²) < 4.78 is 35.0. The molecule has 0 aliphatic carbocycles. The van der Waals surface area contributed by atoms with Crippen molar-refractivity contribution in [1.82, 2.24) is 0 Å². The van der Waals surface area contributed by atoms with Crippen molar-refractivity contribution in [3.05, 3.63) is 36.6 Å². The van der Waals surface area contributed by atoms with E-state index in [4.69, 9.17) is 18.5 Å². The highest BCUT2D eigenvalue weighted by molar-refractivity contribution is 7.54. The Balaban J connectivity index is 2.13. The van der Waals surface area contributed by atoms with Gasteiger partial charge in [-0.3, -0.25) is 9.36 Å². The number of carbonyl (C=O) groups is 1. The molecule has 1 aliphatic rings. The summed E-state index contributed by atoms with van der Waals surface area (Å²) in [6.45, 7) is 5.19. The van der Waals surface area contributed by atoms with E-state index >= 15 is 0 Å². The van der Waals surface area contributed by atoms with Crippen molar-refractivity contribution in [3.63, 3.8) is 0 Å². The monoisotopic (exact) mass is 709 g/mol. The molecule has 2 unspecified atom stereocenters. The zero-order valence-electron chi connectivity index (χ0n) is 32.1. The first-order valence-electron chi connectivity index (χ1n) is 20.7. The molecule has 0 N–H and O–H groups in total. The molecule has 0 amide bonds. The number of hydrogen-bond acceptors (Lipinski definition) is 6. The molecular formula is C42H77O6P. The first kappa shape index (κ1) is 45.7. The maximum absolute atomic E-state index is 12.6. The summed E-state index contributed by atoms with van der Waals surface area (Å²) >= 11 is 0. The maximum Gasteiger partial charge on any atom is 0.330 e. The fourth-order valence-electron chi connectivity index (χ4n) is 5.98. The molecule has 7 heteroatoms. The lowest BCUT2D eigenvalue weighted by Gasteiger charge is -2.19. The minimum atomic E-state index is -3.07. The third kappa shape index (κ3) is 31.1. The molecule has 0 spiro atoms. The molecule has 1 heterocycles. The van der Waals surface area contributed by atoms with Crippen LogP contribution in [0.5, 0.6) is 0 Å². The zero-order valence-corrected chi connectivity index (χ0v) is 33.0. The number of carbonyl (C=O) groups excluding carboxylic acids is 1. The maximum atomic E-state index is 12.6. The Morgan fingerprint density at radius 3 is 1.53 bits per heavy atom. The van der Waals surface area contributed by atoms with E-state index in [0.29, 0.717) is 19.2 Å². The minimum absolute atomic E-state index is 0.0244. The van der Waals surface area contributed by atoms with Crippen LogP contribution >= 0.6 is 7.60 Å². The Morgan fingerprint density at radius 2 is 1.06 bits per heavy atom. The lowest BCUT2D eigenvalue weighted by atomic mass is 10.1. The topological polar surface area (TPSA) is 71.1 Å². The molecule has 0 saturated carbocycles. The Labute approximate surface area is 303 Å². The molecule has 6 nitrogen and oxygen atoms in total. The Hall–Kier alpha value is -1.36. The van der Waals surface area contributed by atoms with Gasteiger partial charge in [-0.1, -0.05) is 134 Å². The van der Waals surface area contributed by atoms with Gasteiger partial charge in [0.25, 0.3) is 0 Å². The van der Waals surface area contributed by atoms with Crippen LogP contribution in [0.25, 0.3) is 0 Å². The summed E-state index contributed by atoms with van der Waals surface area (Å²) in [6.07, 6.45) is 46.4. The molecule has 0 bridgehead atoms. The minimum Gasteiger partial charge on any atom is -0.498 e. The molecule has 49 heavy (non-hydrogen) atoms. The highest BCUT2D eigenvalue weighted by atomic mass is 31.2. The van der Waals surface area contributed by atoms with Crippen LogP contribution in [0, 0.1) is 0 Å². The van der Waals surface area contributed by atoms with E-state index in [-0.39, 0.29) is 19.2 Å². The number of hydrogen-bond donors (Lipinski definition) is 0. The summed E-state index contributed by atoms with van der Waals surface area (Å²) in [5.74, 6) is -0.248. The van der Waals surface area contributed by atoms with Crippen molar-refractivity contribution in [2.45, 2.75) is 200 Å². The van der Waals surface area contributed by atoms with E-state index in [1.54, 1.807) is 6.26 Å². The van der Waals surface area contributed by atoms with Gasteiger partial charge in [0.15, 0.2) is 6.10 Å². The van der Waals surface area contributed by atoms with E-state index < -0.39 is 13.7 Å². The van der Waals surface area contributed by atoms with Gasteiger partial charge >= 0.3 is 13.6 Å². The number of esters is 1. The average Bonchev–Trinajstić information content (AvgIpc) is 3.54. The third-order valence-electron chi connectivity index (χ3n) is 9.12. The van der Waals surface area contributed by atoms with Crippen LogP contribution in [0.3, 0.4) is 0 Å². The predicted molar refractivity (Wildman–Crippen MR) is 208 cm³/mol. The number of allylic oxidation sites excluding steroid dienone is 5. The van der Waals surface area contributed by atoms with Gasteiger partial charge in [0.2, 0.25) is 0 Å². The fourth-order valence-corrected chi connectivity index (χ4v) is 7.63. The van der Waals surface area contributed by atoms with Crippen LogP contribution in [0.1, 0.15) is 194 Å². The SMILES string of the molecule is CCCCCCCC/C=C\CCCCCC/C=C\OCC(COP1(=O)CCCO1)OC(=O)CCCCCCC/C=C\CCCCCCCC. The van der Waals surface area contributed by atoms with Crippen molar-refractivity contribution in [3.8, 4) is 0 Å². The summed E-state index contributed by atoms with van der Waals surface area (Å²) in [5.41, 5.74) is 0. The van der Waals surface area contributed by atoms with Crippen molar-refractivity contribution in [1.29, 1.82) is 0 Å². The molecule has 1 fully saturated rings. The largest absolute Gasteiger partial charge is 0.498 e. The third-order valence-corrected chi connectivity index (χ3v) is 11.1. The van der Waals surface area contributed by atoms with Crippen LogP contribution in [0.15, 0.2) is 36.6 Å². The number of rotatable bonds is 36. The van der Waals surface area contributed by atoms with Crippen molar-refractivity contribution in [2.24, 2.45) is 0 Å². The number of ether oxygens (including phenoxy) is 2. The summed E-state index contributed by atoms with van der Waals surface area (Å²) in [6, 6.07) is 0. The van der Waals surface area contributed by atoms with Crippen LogP contribution < -0.4 is 0 Å². The summed E-state index contributed by atoms with van der Waals surface area (Å²) in [5, 5.41) is 0. The van der Waals surface area contributed by atoms with Gasteiger partial charge in [0.05, 0.1) is 25.6 Å². The molecule has 1 saturated heterocycles. The van der Waals surface area contributed by atoms with Crippen LogP contribution in [0.4, 0.5) is 0 Å². The Bertz CT molecular complexity index is 859. The highest BCUT2D eigenvalue weighted by Gasteiger charge is 2.31. The molecule has 2 atom stereocenters. The second-order valence-corrected chi connectivity index (χ2v) is 16.2. The van der Waals surface area contributed by atoms with E-state index in [1.807, 2.05) is 6.08 Å². The van der Waals surface area contributed by atoms with Gasteiger partial charge in [-0.05, 0) is 83.1 Å². The highest BCUT2D eigenvalue weighted by Crippen LogP contribution is 2.52. The van der Waals surface area contributed by atoms with E-state index in [1.165, 1.54) is 128 Å². The molecule has 0 aromatic heterocycles. The van der Waals surface area contributed by atoms with Gasteiger partial charge < -0.3 is 18.5 Å². The smallest absolute Gasteiger partial charge is 0.330 e.